The lowest BCUT2D eigenvalue weighted by molar-refractivity contribution is 0.285. The number of hydrogen-bond donors (Lipinski definition) is 1. The number of hydrogen-bond acceptors (Lipinski definition) is 4. The van der Waals surface area contributed by atoms with Crippen molar-refractivity contribution in [2.24, 2.45) is 5.73 Å². The fraction of sp³-hybridized carbons (Fsp3) is 1.00. The molecule has 4 nitrogen and oxygen atoms in total. The first-order valence-corrected chi connectivity index (χ1v) is 5.92. The normalized spacial score (nSPS) is 30.3. The number of nitrogens with zero attached hydrogens (tertiary/aromatic N) is 1. The molecule has 1 heterocycles. The third kappa shape index (κ3) is 2.18. The lowest BCUT2D eigenvalue weighted by atomic mass is 10.4. The van der Waals surface area contributed by atoms with Gasteiger partial charge in [-0.2, -0.15) is 0 Å². The largest absolute Gasteiger partial charge is 0.329 e. The lowest BCUT2D eigenvalue weighted by Gasteiger charge is -2.30. The van der Waals surface area contributed by atoms with Crippen LogP contribution in [0.1, 0.15) is 6.92 Å². The highest BCUT2D eigenvalue weighted by Gasteiger charge is 2.28. The topological polar surface area (TPSA) is 63.4 Å². The van der Waals surface area contributed by atoms with Crippen molar-refractivity contribution in [1.82, 2.24) is 4.90 Å². The monoisotopic (exact) mass is 192 g/mol. The summed E-state index contributed by atoms with van der Waals surface area (Å²) >= 11 is 0. The van der Waals surface area contributed by atoms with Crippen LogP contribution in [0.3, 0.4) is 0 Å². The summed E-state index contributed by atoms with van der Waals surface area (Å²) in [5.41, 5.74) is 5.38. The van der Waals surface area contributed by atoms with Gasteiger partial charge in [0.2, 0.25) is 0 Å². The lowest BCUT2D eigenvalue weighted by Crippen LogP contribution is -2.46. The molecular weight excluding hydrogens is 176 g/mol. The highest BCUT2D eigenvalue weighted by molar-refractivity contribution is 7.92. The van der Waals surface area contributed by atoms with Crippen LogP contribution in [0.15, 0.2) is 0 Å². The maximum Gasteiger partial charge on any atom is 0.155 e. The Morgan fingerprint density at radius 2 is 2.25 bits per heavy atom. The second-order valence-corrected chi connectivity index (χ2v) is 5.81. The van der Waals surface area contributed by atoms with E-state index in [1.807, 2.05) is 0 Å². The molecule has 0 aromatic carbocycles. The highest BCUT2D eigenvalue weighted by atomic mass is 32.2. The predicted octanol–water partition coefficient (Wildman–Crippen LogP) is -0.936. The maximum absolute atomic E-state index is 11.3. The summed E-state index contributed by atoms with van der Waals surface area (Å²) in [6, 6.07) is 0. The fourth-order valence-corrected chi connectivity index (χ4v) is 2.76. The Labute approximate surface area is 73.6 Å². The first-order valence-electron chi connectivity index (χ1n) is 4.20. The standard InChI is InChI=1S/C7H16N2O2S/c1-7-6-9(3-2-8)4-5-12(7,10)11/h7H,2-6,8H2,1H3. The second-order valence-electron chi connectivity index (χ2n) is 3.27. The van der Waals surface area contributed by atoms with Crippen molar-refractivity contribution in [2.75, 3.05) is 31.9 Å². The summed E-state index contributed by atoms with van der Waals surface area (Å²) in [5, 5.41) is -0.224. The fourth-order valence-electron chi connectivity index (χ4n) is 1.41. The third-order valence-electron chi connectivity index (χ3n) is 2.27. The van der Waals surface area contributed by atoms with Gasteiger partial charge in [-0.3, -0.25) is 4.90 Å². The van der Waals surface area contributed by atoms with Crippen molar-refractivity contribution >= 4 is 9.84 Å². The van der Waals surface area contributed by atoms with Gasteiger partial charge in [0, 0.05) is 26.2 Å². The minimum absolute atomic E-state index is 0.224. The molecule has 0 radical (unpaired) electrons. The smallest absolute Gasteiger partial charge is 0.155 e. The highest BCUT2D eigenvalue weighted by Crippen LogP contribution is 2.10. The molecule has 5 heteroatoms. The summed E-state index contributed by atoms with van der Waals surface area (Å²) in [7, 11) is -2.80. The average Bonchev–Trinajstić information content (AvgIpc) is 1.98. The van der Waals surface area contributed by atoms with E-state index in [4.69, 9.17) is 5.73 Å². The minimum atomic E-state index is -2.80. The molecule has 0 aromatic rings. The molecule has 0 bridgehead atoms. The van der Waals surface area contributed by atoms with Crippen molar-refractivity contribution in [2.45, 2.75) is 12.2 Å². The third-order valence-corrected chi connectivity index (χ3v) is 4.39. The Morgan fingerprint density at radius 1 is 1.58 bits per heavy atom. The van der Waals surface area contributed by atoms with Crippen LogP contribution in [-0.2, 0) is 9.84 Å². The number of sulfone groups is 1. The maximum atomic E-state index is 11.3. The molecule has 2 N–H and O–H groups in total. The first kappa shape index (κ1) is 9.95. The van der Waals surface area contributed by atoms with E-state index in [1.54, 1.807) is 6.92 Å². The molecule has 0 aliphatic carbocycles. The summed E-state index contributed by atoms with van der Waals surface area (Å²) in [6.45, 7) is 4.45. The van der Waals surface area contributed by atoms with Gasteiger partial charge in [-0.25, -0.2) is 8.42 Å². The van der Waals surface area contributed by atoms with E-state index in [2.05, 4.69) is 4.90 Å². The quantitative estimate of drug-likeness (QED) is 0.613. The van der Waals surface area contributed by atoms with Gasteiger partial charge < -0.3 is 5.73 Å². The van der Waals surface area contributed by atoms with E-state index in [9.17, 15) is 8.42 Å². The molecule has 1 saturated heterocycles. The SMILES string of the molecule is CC1CN(CCN)CCS1(=O)=O. The molecule has 1 unspecified atom stereocenters. The van der Waals surface area contributed by atoms with Gasteiger partial charge in [-0.1, -0.05) is 0 Å². The van der Waals surface area contributed by atoms with Gasteiger partial charge >= 0.3 is 0 Å². The molecule has 1 aliphatic rings. The molecule has 0 spiro atoms. The molecule has 1 rings (SSSR count). The van der Waals surface area contributed by atoms with Gasteiger partial charge in [0.1, 0.15) is 0 Å². The molecule has 1 aliphatic heterocycles. The van der Waals surface area contributed by atoms with E-state index in [0.29, 0.717) is 19.6 Å². The van der Waals surface area contributed by atoms with Crippen LogP contribution in [0.25, 0.3) is 0 Å². The zero-order valence-electron chi connectivity index (χ0n) is 7.36. The Bertz CT molecular complexity index is 238. The summed E-state index contributed by atoms with van der Waals surface area (Å²) < 4.78 is 22.5. The zero-order valence-corrected chi connectivity index (χ0v) is 8.18. The molecule has 0 amide bonds. The van der Waals surface area contributed by atoms with Crippen LogP contribution in [-0.4, -0.2) is 50.5 Å². The van der Waals surface area contributed by atoms with Gasteiger partial charge in [0.05, 0.1) is 11.0 Å². The Kier molecular flexibility index (Phi) is 3.09. The number of nitrogens with two attached hydrogens (primary N) is 1. The van der Waals surface area contributed by atoms with Crippen LogP contribution in [0.5, 0.6) is 0 Å². The molecule has 0 aromatic heterocycles. The predicted molar refractivity (Wildman–Crippen MR) is 48.7 cm³/mol. The Morgan fingerprint density at radius 3 is 2.75 bits per heavy atom. The average molecular weight is 192 g/mol. The van der Waals surface area contributed by atoms with Crippen molar-refractivity contribution in [3.8, 4) is 0 Å². The molecule has 12 heavy (non-hydrogen) atoms. The summed E-state index contributed by atoms with van der Waals surface area (Å²) in [6.07, 6.45) is 0. The molecule has 1 atom stereocenters. The van der Waals surface area contributed by atoms with Crippen molar-refractivity contribution in [1.29, 1.82) is 0 Å². The molecule has 72 valence electrons. The second kappa shape index (κ2) is 3.72. The van der Waals surface area contributed by atoms with Crippen LogP contribution in [0.4, 0.5) is 0 Å². The van der Waals surface area contributed by atoms with Crippen molar-refractivity contribution in [3.63, 3.8) is 0 Å². The number of rotatable bonds is 2. The van der Waals surface area contributed by atoms with E-state index in [0.717, 1.165) is 6.54 Å². The van der Waals surface area contributed by atoms with Crippen LogP contribution < -0.4 is 5.73 Å². The first-order chi connectivity index (χ1) is 5.56. The van der Waals surface area contributed by atoms with E-state index < -0.39 is 9.84 Å². The van der Waals surface area contributed by atoms with Gasteiger partial charge in [-0.05, 0) is 6.92 Å². The Balaban J connectivity index is 2.52. The van der Waals surface area contributed by atoms with Gasteiger partial charge in [0.15, 0.2) is 9.84 Å². The van der Waals surface area contributed by atoms with Crippen LogP contribution in [0.2, 0.25) is 0 Å². The zero-order chi connectivity index (χ0) is 9.19. The Hall–Kier alpha value is -0.130. The van der Waals surface area contributed by atoms with E-state index in [1.165, 1.54) is 0 Å². The summed E-state index contributed by atoms with van der Waals surface area (Å²) in [5.74, 6) is 0.286. The van der Waals surface area contributed by atoms with E-state index >= 15 is 0 Å². The minimum Gasteiger partial charge on any atom is -0.329 e. The van der Waals surface area contributed by atoms with Crippen molar-refractivity contribution < 1.29 is 8.42 Å². The van der Waals surface area contributed by atoms with Crippen LogP contribution in [0, 0.1) is 0 Å². The molecular formula is C7H16N2O2S. The van der Waals surface area contributed by atoms with Gasteiger partial charge in [0.25, 0.3) is 0 Å². The van der Waals surface area contributed by atoms with E-state index in [-0.39, 0.29) is 11.0 Å². The van der Waals surface area contributed by atoms with Crippen LogP contribution >= 0.6 is 0 Å². The van der Waals surface area contributed by atoms with Gasteiger partial charge in [-0.15, -0.1) is 0 Å². The molecule has 1 fully saturated rings. The summed E-state index contributed by atoms with van der Waals surface area (Å²) in [4.78, 5) is 2.10. The van der Waals surface area contributed by atoms with Crippen molar-refractivity contribution in [3.05, 3.63) is 0 Å². The molecule has 0 saturated carbocycles.